The zero-order valence-corrected chi connectivity index (χ0v) is 12.1. The average Bonchev–Trinajstić information content (AvgIpc) is 2.56. The van der Waals surface area contributed by atoms with Crippen LogP contribution in [0.1, 0.15) is 34.7 Å². The summed E-state index contributed by atoms with van der Waals surface area (Å²) in [4.78, 5) is 14.1. The molecule has 3 rings (SSSR count). The Kier molecular flexibility index (Phi) is 4.51. The first-order valence-electron chi connectivity index (χ1n) is 7.63. The largest absolute Gasteiger partial charge is 0.378 e. The van der Waals surface area contributed by atoms with Crippen LogP contribution in [-0.2, 0) is 4.74 Å². The van der Waals surface area contributed by atoms with Gasteiger partial charge in [0.15, 0.2) is 0 Å². The van der Waals surface area contributed by atoms with Gasteiger partial charge < -0.3 is 15.0 Å². The van der Waals surface area contributed by atoms with E-state index in [0.717, 1.165) is 25.9 Å². The summed E-state index contributed by atoms with van der Waals surface area (Å²) < 4.78 is 20.0. The summed E-state index contributed by atoms with van der Waals surface area (Å²) in [6, 6.07) is 5.22. The minimum atomic E-state index is -0.333. The molecule has 0 radical (unpaired) electrons. The molecule has 1 N–H and O–H groups in total. The van der Waals surface area contributed by atoms with Gasteiger partial charge in [-0.1, -0.05) is 12.1 Å². The van der Waals surface area contributed by atoms with Gasteiger partial charge in [0.1, 0.15) is 5.82 Å². The number of ether oxygens (including phenoxy) is 1. The standard InChI is InChI=1S/C16H21FN2O2/c17-15-13(12-4-6-18-7-5-12)2-1-3-14(15)16(20)19-8-10-21-11-9-19/h1-3,12,18H,4-11H2. The first-order valence-corrected chi connectivity index (χ1v) is 7.63. The van der Waals surface area contributed by atoms with Crippen LogP contribution in [0.5, 0.6) is 0 Å². The molecule has 1 amide bonds. The number of rotatable bonds is 2. The SMILES string of the molecule is O=C(c1cccc(C2CCNCC2)c1F)N1CCOCC1. The predicted molar refractivity (Wildman–Crippen MR) is 78.0 cm³/mol. The minimum Gasteiger partial charge on any atom is -0.378 e. The summed E-state index contributed by atoms with van der Waals surface area (Å²) in [5.74, 6) is -0.337. The molecule has 0 unspecified atom stereocenters. The monoisotopic (exact) mass is 292 g/mol. The van der Waals surface area contributed by atoms with Crippen LogP contribution in [0.3, 0.4) is 0 Å². The van der Waals surface area contributed by atoms with Crippen LogP contribution < -0.4 is 5.32 Å². The van der Waals surface area contributed by atoms with E-state index in [1.54, 1.807) is 17.0 Å². The highest BCUT2D eigenvalue weighted by Gasteiger charge is 2.25. The van der Waals surface area contributed by atoms with Crippen molar-refractivity contribution in [1.82, 2.24) is 10.2 Å². The summed E-state index contributed by atoms with van der Waals surface area (Å²) in [5, 5.41) is 3.28. The van der Waals surface area contributed by atoms with Gasteiger partial charge in [-0.3, -0.25) is 4.79 Å². The zero-order chi connectivity index (χ0) is 14.7. The van der Waals surface area contributed by atoms with Gasteiger partial charge in [-0.15, -0.1) is 0 Å². The number of hydrogen-bond donors (Lipinski definition) is 1. The molecule has 21 heavy (non-hydrogen) atoms. The van der Waals surface area contributed by atoms with Crippen LogP contribution in [0, 0.1) is 5.82 Å². The molecule has 1 aromatic rings. The first-order chi connectivity index (χ1) is 10.3. The van der Waals surface area contributed by atoms with Crippen molar-refractivity contribution in [3.05, 3.63) is 35.1 Å². The van der Waals surface area contributed by atoms with E-state index in [0.29, 0.717) is 31.9 Å². The number of nitrogens with zero attached hydrogens (tertiary/aromatic N) is 1. The van der Waals surface area contributed by atoms with Crippen molar-refractivity contribution in [2.45, 2.75) is 18.8 Å². The Morgan fingerprint density at radius 1 is 1.24 bits per heavy atom. The smallest absolute Gasteiger partial charge is 0.256 e. The molecule has 2 heterocycles. The number of piperidine rings is 1. The van der Waals surface area contributed by atoms with Gasteiger partial charge in [0, 0.05) is 13.1 Å². The van der Waals surface area contributed by atoms with Gasteiger partial charge >= 0.3 is 0 Å². The molecule has 0 atom stereocenters. The van der Waals surface area contributed by atoms with E-state index in [2.05, 4.69) is 5.32 Å². The van der Waals surface area contributed by atoms with Gasteiger partial charge in [0.2, 0.25) is 0 Å². The molecule has 2 aliphatic heterocycles. The normalized spacial score (nSPS) is 20.5. The maximum atomic E-state index is 14.8. The lowest BCUT2D eigenvalue weighted by molar-refractivity contribution is 0.0299. The van der Waals surface area contributed by atoms with Crippen molar-refractivity contribution < 1.29 is 13.9 Å². The maximum absolute atomic E-state index is 14.8. The lowest BCUT2D eigenvalue weighted by Gasteiger charge is -2.28. The highest BCUT2D eigenvalue weighted by Crippen LogP contribution is 2.29. The zero-order valence-electron chi connectivity index (χ0n) is 12.1. The van der Waals surface area contributed by atoms with Crippen molar-refractivity contribution in [2.75, 3.05) is 39.4 Å². The maximum Gasteiger partial charge on any atom is 0.256 e. The molecule has 0 saturated carbocycles. The number of morpholine rings is 1. The van der Waals surface area contributed by atoms with E-state index in [1.165, 1.54) is 0 Å². The molecule has 5 heteroatoms. The molecule has 114 valence electrons. The molecule has 0 bridgehead atoms. The van der Waals surface area contributed by atoms with Crippen molar-refractivity contribution in [1.29, 1.82) is 0 Å². The van der Waals surface area contributed by atoms with E-state index in [-0.39, 0.29) is 23.2 Å². The molecular formula is C16H21FN2O2. The molecule has 2 aliphatic rings. The molecule has 0 aromatic heterocycles. The van der Waals surface area contributed by atoms with Crippen LogP contribution >= 0.6 is 0 Å². The fraction of sp³-hybridized carbons (Fsp3) is 0.562. The Hall–Kier alpha value is -1.46. The molecular weight excluding hydrogens is 271 g/mol. The second-order valence-electron chi connectivity index (χ2n) is 5.64. The molecule has 2 saturated heterocycles. The van der Waals surface area contributed by atoms with Gasteiger partial charge in [-0.25, -0.2) is 4.39 Å². The van der Waals surface area contributed by atoms with Crippen LogP contribution in [0.25, 0.3) is 0 Å². The third-order valence-electron chi connectivity index (χ3n) is 4.34. The average molecular weight is 292 g/mol. The van der Waals surface area contributed by atoms with Gasteiger partial charge in [0.25, 0.3) is 5.91 Å². The Balaban J connectivity index is 1.83. The Morgan fingerprint density at radius 3 is 2.67 bits per heavy atom. The first kappa shape index (κ1) is 14.5. The summed E-state index contributed by atoms with van der Waals surface area (Å²) in [7, 11) is 0. The predicted octanol–water partition coefficient (Wildman–Crippen LogP) is 1.77. The Bertz CT molecular complexity index is 509. The minimum absolute atomic E-state index is 0.202. The second kappa shape index (κ2) is 6.54. The van der Waals surface area contributed by atoms with E-state index in [9.17, 15) is 9.18 Å². The Morgan fingerprint density at radius 2 is 1.95 bits per heavy atom. The molecule has 0 aliphatic carbocycles. The number of benzene rings is 1. The lowest BCUT2D eigenvalue weighted by Crippen LogP contribution is -2.41. The van der Waals surface area contributed by atoms with Gasteiger partial charge in [-0.2, -0.15) is 0 Å². The molecule has 2 fully saturated rings. The summed E-state index contributed by atoms with van der Waals surface area (Å²) in [5.41, 5.74) is 0.892. The molecule has 4 nitrogen and oxygen atoms in total. The van der Waals surface area contributed by atoms with Gasteiger partial charge in [-0.05, 0) is 43.5 Å². The van der Waals surface area contributed by atoms with Crippen molar-refractivity contribution in [3.63, 3.8) is 0 Å². The quantitative estimate of drug-likeness (QED) is 0.903. The third-order valence-corrected chi connectivity index (χ3v) is 4.34. The van der Waals surface area contributed by atoms with Crippen LogP contribution in [0.15, 0.2) is 18.2 Å². The lowest BCUT2D eigenvalue weighted by atomic mass is 9.88. The van der Waals surface area contributed by atoms with E-state index >= 15 is 0 Å². The van der Waals surface area contributed by atoms with Crippen molar-refractivity contribution >= 4 is 5.91 Å². The van der Waals surface area contributed by atoms with E-state index in [4.69, 9.17) is 4.74 Å². The van der Waals surface area contributed by atoms with Crippen molar-refractivity contribution in [3.8, 4) is 0 Å². The van der Waals surface area contributed by atoms with Crippen LogP contribution in [0.2, 0.25) is 0 Å². The fourth-order valence-corrected chi connectivity index (χ4v) is 3.10. The third kappa shape index (κ3) is 3.09. The Labute approximate surface area is 124 Å². The van der Waals surface area contributed by atoms with E-state index < -0.39 is 0 Å². The van der Waals surface area contributed by atoms with Gasteiger partial charge in [0.05, 0.1) is 18.8 Å². The topological polar surface area (TPSA) is 41.6 Å². The molecule has 0 spiro atoms. The number of carbonyl (C=O) groups is 1. The van der Waals surface area contributed by atoms with Crippen molar-refractivity contribution in [2.24, 2.45) is 0 Å². The highest BCUT2D eigenvalue weighted by molar-refractivity contribution is 5.94. The molecule has 1 aromatic carbocycles. The summed E-state index contributed by atoms with van der Waals surface area (Å²) in [6.07, 6.45) is 1.85. The fourth-order valence-electron chi connectivity index (χ4n) is 3.10. The number of carbonyl (C=O) groups excluding carboxylic acids is 1. The van der Waals surface area contributed by atoms with Crippen LogP contribution in [-0.4, -0.2) is 50.2 Å². The van der Waals surface area contributed by atoms with Crippen LogP contribution in [0.4, 0.5) is 4.39 Å². The number of hydrogen-bond acceptors (Lipinski definition) is 3. The highest BCUT2D eigenvalue weighted by atomic mass is 19.1. The number of amides is 1. The number of nitrogens with one attached hydrogen (secondary N) is 1. The second-order valence-corrected chi connectivity index (χ2v) is 5.64. The summed E-state index contributed by atoms with van der Waals surface area (Å²) >= 11 is 0. The van der Waals surface area contributed by atoms with E-state index in [1.807, 2.05) is 6.07 Å². The summed E-state index contributed by atoms with van der Waals surface area (Å²) in [6.45, 7) is 3.95. The number of halogens is 1.